The maximum atomic E-state index is 12.0. The van der Waals surface area contributed by atoms with Gasteiger partial charge in [-0.05, 0) is 24.6 Å². The van der Waals surface area contributed by atoms with E-state index in [0.717, 1.165) is 22.0 Å². The summed E-state index contributed by atoms with van der Waals surface area (Å²) in [5.74, 6) is 0.130. The summed E-state index contributed by atoms with van der Waals surface area (Å²) in [6, 6.07) is 5.30. The van der Waals surface area contributed by atoms with Gasteiger partial charge in [0.25, 0.3) is 5.56 Å². The summed E-state index contributed by atoms with van der Waals surface area (Å²) in [6.07, 6.45) is 3.80. The van der Waals surface area contributed by atoms with E-state index in [-0.39, 0.29) is 11.5 Å². The molecule has 0 radical (unpaired) electrons. The Labute approximate surface area is 109 Å². The van der Waals surface area contributed by atoms with Gasteiger partial charge < -0.3 is 9.30 Å². The van der Waals surface area contributed by atoms with Gasteiger partial charge in [0.05, 0.1) is 5.52 Å². The van der Waals surface area contributed by atoms with Crippen LogP contribution >= 0.6 is 0 Å². The summed E-state index contributed by atoms with van der Waals surface area (Å²) in [4.78, 5) is 23.2. The van der Waals surface area contributed by atoms with Gasteiger partial charge in [-0.2, -0.15) is 0 Å². The zero-order chi connectivity index (χ0) is 13.6. The van der Waals surface area contributed by atoms with Crippen LogP contribution in [0.15, 0.2) is 29.1 Å². The van der Waals surface area contributed by atoms with E-state index in [1.807, 2.05) is 25.1 Å². The molecule has 4 heteroatoms. The second-order valence-electron chi connectivity index (χ2n) is 4.65. The maximum Gasteiger partial charge on any atom is 0.308 e. The highest BCUT2D eigenvalue weighted by Crippen LogP contribution is 2.32. The summed E-state index contributed by atoms with van der Waals surface area (Å²) in [5, 5.41) is 1.01. The Morgan fingerprint density at radius 3 is 2.89 bits per heavy atom. The number of carbonyl (C=O) groups excluding carboxylic acids is 1. The summed E-state index contributed by atoms with van der Waals surface area (Å²) in [6.45, 7) is 3.83. The summed E-state index contributed by atoms with van der Waals surface area (Å²) in [5.41, 5.74) is 2.53. The van der Waals surface area contributed by atoms with Crippen LogP contribution in [-0.4, -0.2) is 10.5 Å². The largest absolute Gasteiger partial charge is 0.426 e. The van der Waals surface area contributed by atoms with Crippen molar-refractivity contribution in [1.82, 2.24) is 4.57 Å². The van der Waals surface area contributed by atoms with Gasteiger partial charge in [-0.25, -0.2) is 0 Å². The van der Waals surface area contributed by atoms with Crippen LogP contribution in [0.2, 0.25) is 0 Å². The summed E-state index contributed by atoms with van der Waals surface area (Å²) in [7, 11) is 0. The number of benzene rings is 1. The normalized spacial score (nSPS) is 12.7. The molecule has 96 valence electrons. The monoisotopic (exact) mass is 255 g/mol. The van der Waals surface area contributed by atoms with Gasteiger partial charge in [-0.1, -0.05) is 12.2 Å². The van der Waals surface area contributed by atoms with E-state index in [2.05, 4.69) is 0 Å². The molecule has 0 bridgehead atoms. The number of nitrogens with zero attached hydrogens (tertiary/aromatic N) is 1. The van der Waals surface area contributed by atoms with Gasteiger partial charge in [0.2, 0.25) is 0 Å². The van der Waals surface area contributed by atoms with Crippen LogP contribution in [0.25, 0.3) is 17.0 Å². The molecule has 0 unspecified atom stereocenters. The molecular formula is C15H13NO3. The Morgan fingerprint density at radius 2 is 2.16 bits per heavy atom. The molecule has 4 nitrogen and oxygen atoms in total. The van der Waals surface area contributed by atoms with Crippen molar-refractivity contribution in [2.75, 3.05) is 0 Å². The molecule has 0 N–H and O–H groups in total. The average Bonchev–Trinajstić information content (AvgIpc) is 2.36. The Balaban J connectivity index is 2.43. The fraction of sp³-hybridized carbons (Fsp3) is 0.200. The van der Waals surface area contributed by atoms with Crippen LogP contribution in [0.4, 0.5) is 0 Å². The van der Waals surface area contributed by atoms with Crippen LogP contribution in [-0.2, 0) is 11.3 Å². The number of hydrogen-bond acceptors (Lipinski definition) is 3. The van der Waals surface area contributed by atoms with Gasteiger partial charge in [0.1, 0.15) is 5.75 Å². The standard InChI is InChI=1S/C15H13NO3/c1-9-8-14(18)16-7-3-4-12-13(19-10(2)17)6-5-11(9)15(12)16/h3-6,8H,7H2,1-2H3. The third kappa shape index (κ3) is 1.76. The van der Waals surface area contributed by atoms with E-state index in [0.29, 0.717) is 12.3 Å². The van der Waals surface area contributed by atoms with Crippen LogP contribution < -0.4 is 10.3 Å². The molecule has 19 heavy (non-hydrogen) atoms. The first-order chi connectivity index (χ1) is 9.08. The quantitative estimate of drug-likeness (QED) is 0.580. The first kappa shape index (κ1) is 11.7. The zero-order valence-corrected chi connectivity index (χ0v) is 10.8. The highest BCUT2D eigenvalue weighted by atomic mass is 16.5. The molecule has 0 saturated carbocycles. The van der Waals surface area contributed by atoms with Gasteiger partial charge in [-0.3, -0.25) is 9.59 Å². The molecule has 2 aromatic rings. The molecule has 0 atom stereocenters. The smallest absolute Gasteiger partial charge is 0.308 e. The Hall–Kier alpha value is -2.36. The molecule has 1 aromatic heterocycles. The maximum absolute atomic E-state index is 12.0. The number of esters is 1. The SMILES string of the molecule is CC(=O)Oc1ccc2c(C)cc(=O)n3c2c1C=CC3. The van der Waals surface area contributed by atoms with Crippen LogP contribution in [0.1, 0.15) is 18.1 Å². The summed E-state index contributed by atoms with van der Waals surface area (Å²) < 4.78 is 6.91. The van der Waals surface area contributed by atoms with Crippen molar-refractivity contribution in [3.05, 3.63) is 45.8 Å². The molecule has 1 aliphatic heterocycles. The molecular weight excluding hydrogens is 242 g/mol. The number of aryl methyl sites for hydroxylation is 1. The highest BCUT2D eigenvalue weighted by Gasteiger charge is 2.16. The number of ether oxygens (including phenoxy) is 1. The van der Waals surface area contributed by atoms with Gasteiger partial charge in [0.15, 0.2) is 0 Å². The topological polar surface area (TPSA) is 48.3 Å². The first-order valence-electron chi connectivity index (χ1n) is 6.10. The average molecular weight is 255 g/mol. The van der Waals surface area contributed by atoms with Gasteiger partial charge in [-0.15, -0.1) is 0 Å². The molecule has 0 aliphatic carbocycles. The van der Waals surface area contributed by atoms with Crippen LogP contribution in [0, 0.1) is 6.92 Å². The minimum atomic E-state index is -0.365. The third-order valence-corrected chi connectivity index (χ3v) is 3.30. The molecule has 0 spiro atoms. The van der Waals surface area contributed by atoms with E-state index in [9.17, 15) is 9.59 Å². The second-order valence-corrected chi connectivity index (χ2v) is 4.65. The van der Waals surface area contributed by atoms with E-state index in [1.165, 1.54) is 6.92 Å². The predicted octanol–water partition coefficient (Wildman–Crippen LogP) is 2.26. The van der Waals surface area contributed by atoms with Crippen molar-refractivity contribution in [1.29, 1.82) is 0 Å². The summed E-state index contributed by atoms with van der Waals surface area (Å²) >= 11 is 0. The van der Waals surface area contributed by atoms with Crippen molar-refractivity contribution >= 4 is 22.9 Å². The minimum absolute atomic E-state index is 0.0319. The fourth-order valence-electron chi connectivity index (χ4n) is 2.51. The number of aromatic nitrogens is 1. The predicted molar refractivity (Wildman–Crippen MR) is 73.3 cm³/mol. The Kier molecular flexibility index (Phi) is 2.52. The first-order valence-corrected chi connectivity index (χ1v) is 6.10. The lowest BCUT2D eigenvalue weighted by Crippen LogP contribution is -2.22. The molecule has 3 rings (SSSR count). The van der Waals surface area contributed by atoms with Crippen molar-refractivity contribution in [2.45, 2.75) is 20.4 Å². The van der Waals surface area contributed by atoms with E-state index in [1.54, 1.807) is 16.7 Å². The number of pyridine rings is 1. The zero-order valence-electron chi connectivity index (χ0n) is 10.8. The van der Waals surface area contributed by atoms with E-state index >= 15 is 0 Å². The van der Waals surface area contributed by atoms with Crippen LogP contribution in [0.3, 0.4) is 0 Å². The van der Waals surface area contributed by atoms with Crippen LogP contribution in [0.5, 0.6) is 5.75 Å². The molecule has 0 fully saturated rings. The Morgan fingerprint density at radius 1 is 1.37 bits per heavy atom. The highest BCUT2D eigenvalue weighted by molar-refractivity contribution is 5.94. The second kappa shape index (κ2) is 4.09. The number of hydrogen-bond donors (Lipinski definition) is 0. The molecule has 1 aromatic carbocycles. The van der Waals surface area contributed by atoms with Crippen molar-refractivity contribution in [3.8, 4) is 5.75 Å². The van der Waals surface area contributed by atoms with Crippen molar-refractivity contribution < 1.29 is 9.53 Å². The van der Waals surface area contributed by atoms with Gasteiger partial charge >= 0.3 is 5.97 Å². The van der Waals surface area contributed by atoms with Gasteiger partial charge in [0, 0.05) is 30.5 Å². The number of carbonyl (C=O) groups is 1. The number of rotatable bonds is 1. The van der Waals surface area contributed by atoms with Crippen molar-refractivity contribution in [3.63, 3.8) is 0 Å². The Bertz CT molecular complexity index is 784. The third-order valence-electron chi connectivity index (χ3n) is 3.30. The lowest BCUT2D eigenvalue weighted by Gasteiger charge is -2.18. The molecule has 1 aliphatic rings. The number of allylic oxidation sites excluding steroid dienone is 1. The minimum Gasteiger partial charge on any atom is -0.426 e. The lowest BCUT2D eigenvalue weighted by atomic mass is 10.0. The fourth-order valence-corrected chi connectivity index (χ4v) is 2.51. The molecule has 2 heterocycles. The van der Waals surface area contributed by atoms with E-state index < -0.39 is 0 Å². The molecule has 0 amide bonds. The van der Waals surface area contributed by atoms with Crippen molar-refractivity contribution in [2.24, 2.45) is 0 Å². The van der Waals surface area contributed by atoms with E-state index in [4.69, 9.17) is 4.74 Å². The lowest BCUT2D eigenvalue weighted by molar-refractivity contribution is -0.131. The molecule has 0 saturated heterocycles.